The van der Waals surface area contributed by atoms with Gasteiger partial charge in [-0.25, -0.2) is 4.79 Å². The highest BCUT2D eigenvalue weighted by atomic mass is 16.4. The van der Waals surface area contributed by atoms with Crippen molar-refractivity contribution in [2.45, 2.75) is 62.7 Å². The van der Waals surface area contributed by atoms with E-state index in [2.05, 4.69) is 20.6 Å². The number of primary amides is 1. The van der Waals surface area contributed by atoms with Crippen molar-refractivity contribution >= 4 is 46.5 Å². The molecule has 1 aliphatic heterocycles. The van der Waals surface area contributed by atoms with Crippen LogP contribution in [0.3, 0.4) is 0 Å². The van der Waals surface area contributed by atoms with Crippen LogP contribution in [0.4, 0.5) is 0 Å². The maximum absolute atomic E-state index is 13.3. The summed E-state index contributed by atoms with van der Waals surface area (Å²) in [6.45, 7) is 0.370. The number of hydrogen-bond donors (Lipinski definition) is 8. The number of guanidine groups is 1. The first-order chi connectivity index (χ1) is 19.5. The van der Waals surface area contributed by atoms with E-state index in [-0.39, 0.29) is 44.7 Å². The van der Waals surface area contributed by atoms with Crippen LogP contribution in [0.15, 0.2) is 35.5 Å². The molecule has 0 bridgehead atoms. The summed E-state index contributed by atoms with van der Waals surface area (Å²) in [6, 6.07) is 2.82. The van der Waals surface area contributed by atoms with Crippen molar-refractivity contribution in [3.05, 3.63) is 36.0 Å². The highest BCUT2D eigenvalue weighted by Crippen LogP contribution is 2.20. The Morgan fingerprint density at radius 3 is 2.46 bits per heavy atom. The second-order valence-corrected chi connectivity index (χ2v) is 9.94. The van der Waals surface area contributed by atoms with Gasteiger partial charge in [-0.05, 0) is 43.7 Å². The van der Waals surface area contributed by atoms with E-state index in [0.717, 1.165) is 16.5 Å². The van der Waals surface area contributed by atoms with Crippen LogP contribution in [0.5, 0.6) is 0 Å². The van der Waals surface area contributed by atoms with Gasteiger partial charge in [-0.1, -0.05) is 18.2 Å². The Balaban J connectivity index is 1.72. The number of aromatic nitrogens is 1. The fourth-order valence-electron chi connectivity index (χ4n) is 4.84. The zero-order valence-electron chi connectivity index (χ0n) is 22.5. The number of fused-ring (bicyclic) bond motifs is 1. The molecule has 4 unspecified atom stereocenters. The van der Waals surface area contributed by atoms with Gasteiger partial charge in [-0.3, -0.25) is 24.2 Å². The molecular formula is C26H37N9O6. The lowest BCUT2D eigenvalue weighted by Gasteiger charge is -2.28. The minimum absolute atomic E-state index is 0.0709. The van der Waals surface area contributed by atoms with E-state index in [1.807, 2.05) is 24.3 Å². The molecule has 4 amide bonds. The zero-order valence-corrected chi connectivity index (χ0v) is 22.5. The number of aromatic amines is 1. The molecule has 4 atom stereocenters. The predicted octanol–water partition coefficient (Wildman–Crippen LogP) is -1.99. The number of nitrogens with two attached hydrogens (primary N) is 4. The van der Waals surface area contributed by atoms with Gasteiger partial charge >= 0.3 is 5.97 Å². The number of hydrogen-bond acceptors (Lipinski definition) is 7. The fourth-order valence-corrected chi connectivity index (χ4v) is 4.84. The molecule has 41 heavy (non-hydrogen) atoms. The van der Waals surface area contributed by atoms with Crippen LogP contribution in [0.1, 0.15) is 37.7 Å². The first kappa shape index (κ1) is 30.9. The first-order valence-electron chi connectivity index (χ1n) is 13.3. The summed E-state index contributed by atoms with van der Waals surface area (Å²) < 4.78 is 0. The van der Waals surface area contributed by atoms with Crippen molar-refractivity contribution in [3.8, 4) is 0 Å². The third-order valence-electron chi connectivity index (χ3n) is 6.87. The second kappa shape index (κ2) is 14.1. The van der Waals surface area contributed by atoms with E-state index in [0.29, 0.717) is 6.42 Å². The standard InChI is InChI=1S/C26H37N9O6/c27-16(11-14-13-32-17-6-2-1-5-15(14)17)22(37)34-19(12-21(28)36)23(38)33-18(7-3-9-31-26(29)30)24(39)35-10-4-8-20(35)25(40)41/h1-2,5-6,13,16,18-20,32H,3-4,7-12,27H2,(H2,28,36)(H,33,38)(H,34,37)(H,40,41)(H4,29,30,31). The minimum Gasteiger partial charge on any atom is -0.480 e. The van der Waals surface area contributed by atoms with Gasteiger partial charge in [-0.15, -0.1) is 0 Å². The van der Waals surface area contributed by atoms with Gasteiger partial charge in [-0.2, -0.15) is 0 Å². The molecule has 1 aromatic heterocycles. The molecule has 1 fully saturated rings. The molecule has 3 rings (SSSR count). The first-order valence-corrected chi connectivity index (χ1v) is 13.3. The van der Waals surface area contributed by atoms with Crippen LogP contribution in [0, 0.1) is 0 Å². The van der Waals surface area contributed by atoms with Crippen molar-refractivity contribution < 1.29 is 29.1 Å². The van der Waals surface area contributed by atoms with E-state index in [1.54, 1.807) is 6.20 Å². The Hall–Kier alpha value is -4.66. The van der Waals surface area contributed by atoms with E-state index in [1.165, 1.54) is 4.90 Å². The molecule has 1 aromatic carbocycles. The third-order valence-corrected chi connectivity index (χ3v) is 6.87. The van der Waals surface area contributed by atoms with Crippen LogP contribution < -0.4 is 33.6 Å². The number of nitrogens with zero attached hydrogens (tertiary/aromatic N) is 2. The Morgan fingerprint density at radius 2 is 1.78 bits per heavy atom. The topological polar surface area (TPSA) is 265 Å². The zero-order chi connectivity index (χ0) is 30.1. The molecule has 0 radical (unpaired) electrons. The Morgan fingerprint density at radius 1 is 1.07 bits per heavy atom. The maximum atomic E-state index is 13.3. The summed E-state index contributed by atoms with van der Waals surface area (Å²) in [5.74, 6) is -4.30. The molecule has 12 N–H and O–H groups in total. The van der Waals surface area contributed by atoms with Crippen molar-refractivity contribution in [1.82, 2.24) is 20.5 Å². The Kier molecular flexibility index (Phi) is 10.6. The molecule has 0 spiro atoms. The van der Waals surface area contributed by atoms with Crippen molar-refractivity contribution in [3.63, 3.8) is 0 Å². The number of aliphatic carboxylic acids is 1. The number of rotatable bonds is 14. The number of carboxylic acids is 1. The maximum Gasteiger partial charge on any atom is 0.326 e. The number of nitrogens with one attached hydrogen (secondary N) is 3. The van der Waals surface area contributed by atoms with Crippen molar-refractivity contribution in [2.75, 3.05) is 13.1 Å². The minimum atomic E-state index is -1.42. The normalized spacial score (nSPS) is 16.9. The van der Waals surface area contributed by atoms with E-state index >= 15 is 0 Å². The van der Waals surface area contributed by atoms with Crippen LogP contribution >= 0.6 is 0 Å². The smallest absolute Gasteiger partial charge is 0.326 e. The summed E-state index contributed by atoms with van der Waals surface area (Å²) >= 11 is 0. The number of likely N-dealkylation sites (tertiary alicyclic amines) is 1. The van der Waals surface area contributed by atoms with Crippen LogP contribution in [0.25, 0.3) is 10.9 Å². The number of para-hydroxylation sites is 1. The Bertz CT molecular complexity index is 1310. The summed E-state index contributed by atoms with van der Waals surface area (Å²) in [6.07, 6.45) is 2.47. The number of carbonyl (C=O) groups is 5. The molecule has 0 saturated carbocycles. The van der Waals surface area contributed by atoms with Crippen molar-refractivity contribution in [2.24, 2.45) is 27.9 Å². The molecule has 15 nitrogen and oxygen atoms in total. The van der Waals surface area contributed by atoms with Gasteiger partial charge in [0, 0.05) is 30.2 Å². The molecule has 222 valence electrons. The van der Waals surface area contributed by atoms with Gasteiger partial charge in [0.2, 0.25) is 23.6 Å². The quantitative estimate of drug-likeness (QED) is 0.0707. The summed E-state index contributed by atoms with van der Waals surface area (Å²) in [4.78, 5) is 71.2. The van der Waals surface area contributed by atoms with Crippen LogP contribution in [-0.2, 0) is 30.4 Å². The lowest BCUT2D eigenvalue weighted by molar-refractivity contribution is -0.149. The van der Waals surface area contributed by atoms with Crippen molar-refractivity contribution in [1.29, 1.82) is 0 Å². The second-order valence-electron chi connectivity index (χ2n) is 9.94. The van der Waals surface area contributed by atoms with E-state index in [4.69, 9.17) is 22.9 Å². The fraction of sp³-hybridized carbons (Fsp3) is 0.462. The number of amides is 4. The van der Waals surface area contributed by atoms with Gasteiger partial charge in [0.05, 0.1) is 12.5 Å². The molecule has 1 aliphatic rings. The molecular weight excluding hydrogens is 534 g/mol. The molecule has 1 saturated heterocycles. The number of H-pyrrole nitrogens is 1. The van der Waals surface area contributed by atoms with Crippen LogP contribution in [-0.4, -0.2) is 87.8 Å². The highest BCUT2D eigenvalue weighted by molar-refractivity contribution is 5.96. The average Bonchev–Trinajstić information content (AvgIpc) is 3.57. The number of carbonyl (C=O) groups excluding carboxylic acids is 4. The van der Waals surface area contributed by atoms with E-state index in [9.17, 15) is 29.1 Å². The molecule has 2 heterocycles. The summed E-state index contributed by atoms with van der Waals surface area (Å²) in [5, 5.41) is 15.4. The monoisotopic (exact) mass is 571 g/mol. The molecule has 0 aliphatic carbocycles. The van der Waals surface area contributed by atoms with Gasteiger partial charge < -0.3 is 48.6 Å². The lowest BCUT2D eigenvalue weighted by Crippen LogP contribution is -2.58. The lowest BCUT2D eigenvalue weighted by atomic mass is 10.0. The SMILES string of the molecule is NC(=O)CC(NC(=O)C(N)Cc1c[nH]c2ccccc12)C(=O)NC(CCCN=C(N)N)C(=O)N1CCCC1C(=O)O. The highest BCUT2D eigenvalue weighted by Gasteiger charge is 2.38. The van der Waals surface area contributed by atoms with Gasteiger partial charge in [0.1, 0.15) is 18.1 Å². The number of carboxylic acid groups (broad SMARTS) is 1. The number of aliphatic imine (C=N–C) groups is 1. The summed E-state index contributed by atoms with van der Waals surface area (Å²) in [7, 11) is 0. The Labute approximate surface area is 236 Å². The van der Waals surface area contributed by atoms with E-state index < -0.39 is 60.2 Å². The molecule has 2 aromatic rings. The predicted molar refractivity (Wildman–Crippen MR) is 150 cm³/mol. The van der Waals surface area contributed by atoms with Crippen LogP contribution in [0.2, 0.25) is 0 Å². The average molecular weight is 572 g/mol. The largest absolute Gasteiger partial charge is 0.480 e. The third kappa shape index (κ3) is 8.41. The molecule has 15 heteroatoms. The van der Waals surface area contributed by atoms with Gasteiger partial charge in [0.15, 0.2) is 5.96 Å². The number of benzene rings is 1. The van der Waals surface area contributed by atoms with Gasteiger partial charge in [0.25, 0.3) is 0 Å². The summed E-state index contributed by atoms with van der Waals surface area (Å²) in [5.41, 5.74) is 23.8.